The number of H-pyrrole nitrogens is 1. The van der Waals surface area contributed by atoms with Crippen molar-refractivity contribution >= 4 is 10.9 Å². The number of nitrogens with one attached hydrogen (secondary N) is 2. The second-order valence-electron chi connectivity index (χ2n) is 7.47. The number of benzene rings is 1. The molecule has 0 bridgehead atoms. The number of rotatable bonds is 8. The van der Waals surface area contributed by atoms with Gasteiger partial charge in [0.05, 0.1) is 5.52 Å². The first kappa shape index (κ1) is 19.4. The van der Waals surface area contributed by atoms with Crippen LogP contribution in [0.15, 0.2) is 35.4 Å². The van der Waals surface area contributed by atoms with E-state index in [9.17, 15) is 4.79 Å². The molecule has 0 aliphatic heterocycles. The number of imidazole rings is 1. The molecule has 0 saturated carbocycles. The maximum absolute atomic E-state index is 12.9. The molecule has 27 heavy (non-hydrogen) atoms. The Labute approximate surface area is 160 Å². The summed E-state index contributed by atoms with van der Waals surface area (Å²) in [6.07, 6.45) is 6.67. The van der Waals surface area contributed by atoms with E-state index >= 15 is 0 Å². The fourth-order valence-corrected chi connectivity index (χ4v) is 3.62. The zero-order chi connectivity index (χ0) is 19.4. The summed E-state index contributed by atoms with van der Waals surface area (Å²) in [4.78, 5) is 20.6. The highest BCUT2D eigenvalue weighted by molar-refractivity contribution is 5.82. The van der Waals surface area contributed by atoms with Gasteiger partial charge in [0.2, 0.25) is 0 Å². The first-order valence-corrected chi connectivity index (χ1v) is 9.79. The van der Waals surface area contributed by atoms with Gasteiger partial charge in [-0.05, 0) is 65.1 Å². The van der Waals surface area contributed by atoms with Crippen molar-refractivity contribution < 1.29 is 0 Å². The molecule has 0 fully saturated rings. The van der Waals surface area contributed by atoms with Crippen LogP contribution in [0, 0.1) is 20.8 Å². The molecule has 1 aromatic carbocycles. The van der Waals surface area contributed by atoms with Gasteiger partial charge in [-0.2, -0.15) is 0 Å². The van der Waals surface area contributed by atoms with Crippen molar-refractivity contribution in [2.75, 3.05) is 6.54 Å². The summed E-state index contributed by atoms with van der Waals surface area (Å²) in [6, 6.07) is 6.29. The van der Waals surface area contributed by atoms with Crippen molar-refractivity contribution in [3.63, 3.8) is 0 Å². The van der Waals surface area contributed by atoms with Crippen molar-refractivity contribution in [3.8, 4) is 0 Å². The molecule has 2 heterocycles. The monoisotopic (exact) mass is 366 g/mol. The lowest BCUT2D eigenvalue weighted by Crippen LogP contribution is -2.29. The SMILES string of the molecule is Cc1[nH]c2c(C)cccc2c(=O)c1CCC(C)NCCCn1ccnc1C. The summed E-state index contributed by atoms with van der Waals surface area (Å²) < 4.78 is 2.17. The summed E-state index contributed by atoms with van der Waals surface area (Å²) in [5.41, 5.74) is 4.15. The van der Waals surface area contributed by atoms with Gasteiger partial charge >= 0.3 is 0 Å². The lowest BCUT2D eigenvalue weighted by atomic mass is 10.0. The number of aromatic amines is 1. The summed E-state index contributed by atoms with van der Waals surface area (Å²) in [5.74, 6) is 1.06. The Balaban J connectivity index is 1.55. The number of hydrogen-bond acceptors (Lipinski definition) is 3. The van der Waals surface area contributed by atoms with Gasteiger partial charge in [0.15, 0.2) is 5.43 Å². The van der Waals surface area contributed by atoms with Crippen LogP contribution in [-0.4, -0.2) is 27.1 Å². The lowest BCUT2D eigenvalue weighted by molar-refractivity contribution is 0.486. The highest BCUT2D eigenvalue weighted by Crippen LogP contribution is 2.16. The molecule has 3 aromatic rings. The van der Waals surface area contributed by atoms with Gasteiger partial charge < -0.3 is 14.9 Å². The van der Waals surface area contributed by atoms with Crippen molar-refractivity contribution in [1.82, 2.24) is 19.9 Å². The Morgan fingerprint density at radius 1 is 1.26 bits per heavy atom. The maximum atomic E-state index is 12.9. The van der Waals surface area contributed by atoms with Gasteiger partial charge in [-0.1, -0.05) is 12.1 Å². The third-order valence-electron chi connectivity index (χ3n) is 5.38. The van der Waals surface area contributed by atoms with Gasteiger partial charge in [0.1, 0.15) is 5.82 Å². The predicted molar refractivity (Wildman–Crippen MR) is 111 cm³/mol. The summed E-state index contributed by atoms with van der Waals surface area (Å²) in [5, 5.41) is 4.37. The fraction of sp³-hybridized carbons (Fsp3) is 0.455. The number of aromatic nitrogens is 3. The second-order valence-corrected chi connectivity index (χ2v) is 7.47. The van der Waals surface area contributed by atoms with Crippen molar-refractivity contribution in [1.29, 1.82) is 0 Å². The molecule has 0 aliphatic carbocycles. The first-order chi connectivity index (χ1) is 13.0. The Morgan fingerprint density at radius 3 is 2.81 bits per heavy atom. The molecule has 3 rings (SSSR count). The van der Waals surface area contributed by atoms with E-state index < -0.39 is 0 Å². The number of nitrogens with zero attached hydrogens (tertiary/aromatic N) is 2. The molecule has 0 amide bonds. The zero-order valence-electron chi connectivity index (χ0n) is 16.8. The average Bonchev–Trinajstić information content (AvgIpc) is 3.04. The van der Waals surface area contributed by atoms with Crippen LogP contribution >= 0.6 is 0 Å². The van der Waals surface area contributed by atoms with Gasteiger partial charge in [-0.3, -0.25) is 4.79 Å². The number of fused-ring (bicyclic) bond motifs is 1. The van der Waals surface area contributed by atoms with Crippen LogP contribution in [0.3, 0.4) is 0 Å². The standard InChI is InChI=1S/C22H30N4O/c1-15-7-5-8-20-21(15)25-17(3)19(22(20)27)10-9-16(2)23-11-6-13-26-14-12-24-18(26)4/h5,7-8,12,14,16,23H,6,9-11,13H2,1-4H3,(H,25,27). The molecule has 0 radical (unpaired) electrons. The Bertz CT molecular complexity index is 970. The minimum absolute atomic E-state index is 0.174. The van der Waals surface area contributed by atoms with Gasteiger partial charge in [-0.25, -0.2) is 4.98 Å². The zero-order valence-corrected chi connectivity index (χ0v) is 16.8. The van der Waals surface area contributed by atoms with E-state index in [0.717, 1.165) is 65.9 Å². The van der Waals surface area contributed by atoms with E-state index in [4.69, 9.17) is 0 Å². The third kappa shape index (κ3) is 4.48. The second kappa shape index (κ2) is 8.53. The molecule has 144 valence electrons. The molecule has 2 N–H and O–H groups in total. The van der Waals surface area contributed by atoms with E-state index in [2.05, 4.69) is 26.8 Å². The number of aryl methyl sites for hydroxylation is 4. The van der Waals surface area contributed by atoms with Crippen molar-refractivity contribution in [2.45, 2.75) is 59.5 Å². The predicted octanol–water partition coefficient (Wildman–Crippen LogP) is 3.65. The summed E-state index contributed by atoms with van der Waals surface area (Å²) >= 11 is 0. The normalized spacial score (nSPS) is 12.6. The largest absolute Gasteiger partial charge is 0.358 e. The Hall–Kier alpha value is -2.40. The number of hydrogen-bond donors (Lipinski definition) is 2. The lowest BCUT2D eigenvalue weighted by Gasteiger charge is -2.15. The van der Waals surface area contributed by atoms with Crippen LogP contribution in [0.5, 0.6) is 0 Å². The number of para-hydroxylation sites is 1. The molecule has 5 heteroatoms. The van der Waals surface area contributed by atoms with Crippen LogP contribution in [0.4, 0.5) is 0 Å². The molecular weight excluding hydrogens is 336 g/mol. The number of pyridine rings is 1. The maximum Gasteiger partial charge on any atom is 0.192 e. The van der Waals surface area contributed by atoms with Crippen LogP contribution < -0.4 is 10.7 Å². The third-order valence-corrected chi connectivity index (χ3v) is 5.38. The molecule has 1 unspecified atom stereocenters. The molecule has 0 spiro atoms. The summed E-state index contributed by atoms with van der Waals surface area (Å²) in [6.45, 7) is 10.2. The van der Waals surface area contributed by atoms with Crippen molar-refractivity contribution in [3.05, 3.63) is 63.5 Å². The minimum Gasteiger partial charge on any atom is -0.358 e. The van der Waals surface area contributed by atoms with Gasteiger partial charge in [-0.15, -0.1) is 0 Å². The molecule has 1 atom stereocenters. The summed E-state index contributed by atoms with van der Waals surface area (Å²) in [7, 11) is 0. The molecule has 5 nitrogen and oxygen atoms in total. The molecular formula is C22H30N4O. The van der Waals surface area contributed by atoms with Crippen LogP contribution in [-0.2, 0) is 13.0 Å². The van der Waals surface area contributed by atoms with Gasteiger partial charge in [0, 0.05) is 41.6 Å². The first-order valence-electron chi connectivity index (χ1n) is 9.79. The highest BCUT2D eigenvalue weighted by Gasteiger charge is 2.12. The highest BCUT2D eigenvalue weighted by atomic mass is 16.1. The quantitative estimate of drug-likeness (QED) is 0.598. The van der Waals surface area contributed by atoms with E-state index in [1.807, 2.05) is 51.4 Å². The Kier molecular flexibility index (Phi) is 6.11. The van der Waals surface area contributed by atoms with Crippen molar-refractivity contribution in [2.24, 2.45) is 0 Å². The smallest absolute Gasteiger partial charge is 0.192 e. The van der Waals surface area contributed by atoms with Crippen LogP contribution in [0.2, 0.25) is 0 Å². The van der Waals surface area contributed by atoms with Crippen LogP contribution in [0.1, 0.15) is 42.4 Å². The molecule has 0 aliphatic rings. The van der Waals surface area contributed by atoms with E-state index in [1.54, 1.807) is 0 Å². The average molecular weight is 367 g/mol. The van der Waals surface area contributed by atoms with Crippen LogP contribution in [0.25, 0.3) is 10.9 Å². The Morgan fingerprint density at radius 2 is 2.07 bits per heavy atom. The minimum atomic E-state index is 0.174. The fourth-order valence-electron chi connectivity index (χ4n) is 3.62. The van der Waals surface area contributed by atoms with Gasteiger partial charge in [0.25, 0.3) is 0 Å². The molecule has 0 saturated heterocycles. The van der Waals surface area contributed by atoms with E-state index in [1.165, 1.54) is 0 Å². The van der Waals surface area contributed by atoms with E-state index in [0.29, 0.717) is 6.04 Å². The topological polar surface area (TPSA) is 62.7 Å². The molecule has 2 aromatic heterocycles. The van der Waals surface area contributed by atoms with E-state index in [-0.39, 0.29) is 5.43 Å².